The van der Waals surface area contributed by atoms with Crippen LogP contribution in [0.25, 0.3) is 0 Å². The number of rotatable bonds is 11. The lowest BCUT2D eigenvalue weighted by atomic mass is 10.2. The van der Waals surface area contributed by atoms with Crippen LogP contribution in [-0.4, -0.2) is 51.3 Å². The van der Waals surface area contributed by atoms with Crippen molar-refractivity contribution >= 4 is 9.84 Å². The van der Waals surface area contributed by atoms with Gasteiger partial charge in [0.15, 0.2) is 9.84 Å². The Morgan fingerprint density at radius 2 is 1.85 bits per heavy atom. The monoisotopic (exact) mass is 301 g/mol. The van der Waals surface area contributed by atoms with Crippen molar-refractivity contribution in [3.8, 4) is 0 Å². The average Bonchev–Trinajstić information content (AvgIpc) is 2.43. The summed E-state index contributed by atoms with van der Waals surface area (Å²) in [6, 6.07) is 9.97. The molecule has 20 heavy (non-hydrogen) atoms. The summed E-state index contributed by atoms with van der Waals surface area (Å²) in [5.74, 6) is -0.0900. The van der Waals surface area contributed by atoms with E-state index < -0.39 is 9.84 Å². The number of aliphatic hydroxyl groups is 1. The van der Waals surface area contributed by atoms with Crippen LogP contribution in [0.2, 0.25) is 0 Å². The van der Waals surface area contributed by atoms with Crippen molar-refractivity contribution in [2.45, 2.75) is 13.0 Å². The Morgan fingerprint density at radius 1 is 1.10 bits per heavy atom. The third-order valence-corrected chi connectivity index (χ3v) is 4.38. The number of hydrogen-bond donors (Lipinski definition) is 2. The molecule has 0 amide bonds. The minimum absolute atomic E-state index is 0.0679. The van der Waals surface area contributed by atoms with E-state index in [0.29, 0.717) is 19.8 Å². The maximum absolute atomic E-state index is 11.3. The zero-order valence-corrected chi connectivity index (χ0v) is 12.4. The summed E-state index contributed by atoms with van der Waals surface area (Å²) < 4.78 is 28.1. The molecule has 114 valence electrons. The van der Waals surface area contributed by atoms with E-state index in [1.54, 1.807) is 0 Å². The number of aliphatic hydroxyl groups excluding tert-OH is 1. The highest BCUT2D eigenvalue weighted by molar-refractivity contribution is 7.91. The Labute approximate surface area is 120 Å². The van der Waals surface area contributed by atoms with Gasteiger partial charge >= 0.3 is 0 Å². The minimum atomic E-state index is -3.11. The fraction of sp³-hybridized carbons (Fsp3) is 0.571. The van der Waals surface area contributed by atoms with Crippen LogP contribution >= 0.6 is 0 Å². The van der Waals surface area contributed by atoms with Gasteiger partial charge in [-0.3, -0.25) is 0 Å². The molecule has 0 aliphatic carbocycles. The van der Waals surface area contributed by atoms with Crippen LogP contribution in [0.15, 0.2) is 30.3 Å². The fourth-order valence-electron chi connectivity index (χ4n) is 1.66. The molecule has 0 bridgehead atoms. The van der Waals surface area contributed by atoms with Crippen LogP contribution in [0.1, 0.15) is 12.0 Å². The van der Waals surface area contributed by atoms with Gasteiger partial charge in [0.25, 0.3) is 0 Å². The first-order valence-electron chi connectivity index (χ1n) is 6.78. The van der Waals surface area contributed by atoms with Crippen molar-refractivity contribution in [3.63, 3.8) is 0 Å². The normalized spacial score (nSPS) is 11.7. The highest BCUT2D eigenvalue weighted by Gasteiger charge is 2.08. The van der Waals surface area contributed by atoms with Gasteiger partial charge < -0.3 is 15.2 Å². The Hall–Kier alpha value is -0.950. The van der Waals surface area contributed by atoms with E-state index in [0.717, 1.165) is 18.5 Å². The lowest BCUT2D eigenvalue weighted by Crippen LogP contribution is -2.26. The zero-order valence-electron chi connectivity index (χ0n) is 11.6. The molecule has 1 rings (SSSR count). The van der Waals surface area contributed by atoms with Crippen LogP contribution in [0.5, 0.6) is 0 Å². The Morgan fingerprint density at radius 3 is 2.55 bits per heavy atom. The number of nitrogens with one attached hydrogen (secondary N) is 1. The molecule has 1 aromatic carbocycles. The maximum Gasteiger partial charge on any atom is 0.153 e. The molecule has 0 aromatic heterocycles. The van der Waals surface area contributed by atoms with Crippen molar-refractivity contribution < 1.29 is 18.3 Å². The third-order valence-electron chi connectivity index (χ3n) is 2.75. The molecular formula is C14H23NO4S. The highest BCUT2D eigenvalue weighted by Crippen LogP contribution is 2.00. The summed E-state index contributed by atoms with van der Waals surface area (Å²) in [5, 5.41) is 11.6. The Bertz CT molecular complexity index is 448. The van der Waals surface area contributed by atoms with E-state index in [4.69, 9.17) is 9.84 Å². The van der Waals surface area contributed by atoms with Crippen LogP contribution in [0.4, 0.5) is 0 Å². The third kappa shape index (κ3) is 8.27. The topological polar surface area (TPSA) is 75.6 Å². The zero-order chi connectivity index (χ0) is 14.7. The van der Waals surface area contributed by atoms with Gasteiger partial charge in [0, 0.05) is 13.2 Å². The van der Waals surface area contributed by atoms with E-state index in [-0.39, 0.29) is 18.1 Å². The second kappa shape index (κ2) is 9.88. The van der Waals surface area contributed by atoms with E-state index in [1.807, 2.05) is 30.3 Å². The molecule has 0 saturated carbocycles. The predicted octanol–water partition coefficient (Wildman–Crippen LogP) is 0.590. The van der Waals surface area contributed by atoms with Crippen LogP contribution in [-0.2, 0) is 21.2 Å². The van der Waals surface area contributed by atoms with Gasteiger partial charge in [-0.15, -0.1) is 0 Å². The number of ether oxygens (including phenoxy) is 1. The summed E-state index contributed by atoms with van der Waals surface area (Å²) in [6.07, 6.45) is 0.840. The Kier molecular flexibility index (Phi) is 8.45. The number of hydrogen-bond acceptors (Lipinski definition) is 5. The molecule has 5 nitrogen and oxygen atoms in total. The number of benzene rings is 1. The van der Waals surface area contributed by atoms with E-state index >= 15 is 0 Å². The van der Waals surface area contributed by atoms with Crippen molar-refractivity contribution in [3.05, 3.63) is 35.9 Å². The summed E-state index contributed by atoms with van der Waals surface area (Å²) >= 11 is 0. The van der Waals surface area contributed by atoms with Crippen LogP contribution in [0, 0.1) is 0 Å². The second-order valence-corrected chi connectivity index (χ2v) is 6.82. The van der Waals surface area contributed by atoms with Gasteiger partial charge in [-0.05, 0) is 18.5 Å². The molecule has 0 spiro atoms. The average molecular weight is 301 g/mol. The summed E-state index contributed by atoms with van der Waals surface area (Å²) in [5.41, 5.74) is 1.15. The lowest BCUT2D eigenvalue weighted by molar-refractivity contribution is 0.118. The quantitative estimate of drug-likeness (QED) is 0.585. The predicted molar refractivity (Wildman–Crippen MR) is 79.3 cm³/mol. The molecule has 2 N–H and O–H groups in total. The second-order valence-electron chi connectivity index (χ2n) is 4.52. The molecule has 0 fully saturated rings. The minimum Gasteiger partial charge on any atom is -0.395 e. The van der Waals surface area contributed by atoms with Gasteiger partial charge in [0.1, 0.15) is 0 Å². The van der Waals surface area contributed by atoms with Crippen molar-refractivity contribution in [1.29, 1.82) is 0 Å². The first-order valence-corrected chi connectivity index (χ1v) is 8.60. The summed E-state index contributed by atoms with van der Waals surface area (Å²) in [7, 11) is -3.11. The fourth-order valence-corrected chi connectivity index (χ4v) is 2.59. The first-order chi connectivity index (χ1) is 9.64. The molecule has 1 aromatic rings. The number of sulfone groups is 1. The Balaban J connectivity index is 1.95. The van der Waals surface area contributed by atoms with Crippen LogP contribution < -0.4 is 5.32 Å². The molecular weight excluding hydrogens is 278 g/mol. The maximum atomic E-state index is 11.3. The molecule has 0 heterocycles. The molecule has 0 unspecified atom stereocenters. The lowest BCUT2D eigenvalue weighted by Gasteiger charge is -2.06. The molecule has 0 radical (unpaired) electrons. The largest absolute Gasteiger partial charge is 0.395 e. The van der Waals surface area contributed by atoms with Crippen molar-refractivity contribution in [2.75, 3.05) is 37.8 Å². The van der Waals surface area contributed by atoms with Crippen molar-refractivity contribution in [2.24, 2.45) is 0 Å². The van der Waals surface area contributed by atoms with Crippen molar-refractivity contribution in [1.82, 2.24) is 5.32 Å². The molecule has 0 aliphatic rings. The molecule has 0 atom stereocenters. The summed E-state index contributed by atoms with van der Waals surface area (Å²) in [4.78, 5) is 0. The van der Waals surface area contributed by atoms with Crippen LogP contribution in [0.3, 0.4) is 0 Å². The van der Waals surface area contributed by atoms with E-state index in [2.05, 4.69) is 5.32 Å². The first kappa shape index (κ1) is 17.1. The standard InChI is InChI=1S/C14H23NO4S/c16-9-12-20(17,18)11-8-15-7-4-10-19-13-14-5-2-1-3-6-14/h1-3,5-6,15-16H,4,7-13H2. The van der Waals surface area contributed by atoms with Gasteiger partial charge in [0.05, 0.1) is 24.7 Å². The molecule has 0 saturated heterocycles. The highest BCUT2D eigenvalue weighted by atomic mass is 32.2. The van der Waals surface area contributed by atoms with Gasteiger partial charge in [-0.2, -0.15) is 0 Å². The van der Waals surface area contributed by atoms with Gasteiger partial charge in [-0.25, -0.2) is 8.42 Å². The van der Waals surface area contributed by atoms with Gasteiger partial charge in [0.2, 0.25) is 0 Å². The van der Waals surface area contributed by atoms with E-state index in [1.165, 1.54) is 0 Å². The summed E-state index contributed by atoms with van der Waals surface area (Å²) in [6.45, 7) is 2.08. The smallest absolute Gasteiger partial charge is 0.153 e. The van der Waals surface area contributed by atoms with Gasteiger partial charge in [-0.1, -0.05) is 30.3 Å². The van der Waals surface area contributed by atoms with E-state index in [9.17, 15) is 8.42 Å². The molecule has 6 heteroatoms. The molecule has 0 aliphatic heterocycles. The SMILES string of the molecule is O=S(=O)(CCO)CCNCCCOCc1ccccc1.